The maximum atomic E-state index is 12.0. The van der Waals surface area contributed by atoms with E-state index >= 15 is 0 Å². The van der Waals surface area contributed by atoms with Crippen molar-refractivity contribution < 1.29 is 14.7 Å². The molecule has 1 heterocycles. The van der Waals surface area contributed by atoms with Crippen molar-refractivity contribution in [1.29, 1.82) is 0 Å². The van der Waals surface area contributed by atoms with Crippen LogP contribution < -0.4 is 15.5 Å². The van der Waals surface area contributed by atoms with Crippen LogP contribution in [0.1, 0.15) is 35.3 Å². The average molecular weight is 454 g/mol. The SMILES string of the molecule is C[C@@H](NC1CCN(c2ccc(C(=O)NCC(=O)O)cc2)C1)c1cccc2ccccc12.Cl. The first kappa shape index (κ1) is 23.6. The monoisotopic (exact) mass is 453 g/mol. The van der Waals surface area contributed by atoms with E-state index < -0.39 is 5.97 Å². The molecule has 0 bridgehead atoms. The highest BCUT2D eigenvalue weighted by Crippen LogP contribution is 2.26. The zero-order chi connectivity index (χ0) is 21.8. The van der Waals surface area contributed by atoms with E-state index in [-0.39, 0.29) is 30.9 Å². The standard InChI is InChI=1S/C25H27N3O3.ClH/c1-17(22-8-4-6-18-5-2-3-7-23(18)22)27-20-13-14-28(16-20)21-11-9-19(10-12-21)25(31)26-15-24(29)30;/h2-12,17,20,27H,13-16H2,1H3,(H,26,31)(H,29,30);1H/t17-,20?;/m1./s1. The van der Waals surface area contributed by atoms with Crippen molar-refractivity contribution >= 4 is 40.7 Å². The number of fused-ring (bicyclic) bond motifs is 1. The molecule has 0 radical (unpaired) electrons. The van der Waals surface area contributed by atoms with Crippen LogP contribution in [0.2, 0.25) is 0 Å². The molecule has 32 heavy (non-hydrogen) atoms. The van der Waals surface area contributed by atoms with Crippen molar-refractivity contribution in [2.75, 3.05) is 24.5 Å². The number of hydrogen-bond donors (Lipinski definition) is 3. The van der Waals surface area contributed by atoms with E-state index in [2.05, 4.69) is 64.9 Å². The molecule has 0 saturated carbocycles. The second-order valence-corrected chi connectivity index (χ2v) is 8.01. The number of amides is 1. The number of hydrogen-bond acceptors (Lipinski definition) is 4. The third-order valence-electron chi connectivity index (χ3n) is 5.86. The van der Waals surface area contributed by atoms with Gasteiger partial charge in [0.1, 0.15) is 6.54 Å². The second kappa shape index (κ2) is 10.5. The maximum Gasteiger partial charge on any atom is 0.322 e. The van der Waals surface area contributed by atoms with Gasteiger partial charge in [-0.2, -0.15) is 0 Å². The fraction of sp³-hybridized carbons (Fsp3) is 0.280. The Morgan fingerprint density at radius 1 is 1.06 bits per heavy atom. The molecule has 1 aliphatic rings. The lowest BCUT2D eigenvalue weighted by Gasteiger charge is -2.23. The Morgan fingerprint density at radius 3 is 2.53 bits per heavy atom. The van der Waals surface area contributed by atoms with E-state index in [1.54, 1.807) is 12.1 Å². The number of nitrogens with one attached hydrogen (secondary N) is 2. The molecule has 1 amide bonds. The van der Waals surface area contributed by atoms with Gasteiger partial charge in [0.15, 0.2) is 0 Å². The molecule has 2 atom stereocenters. The summed E-state index contributed by atoms with van der Waals surface area (Å²) in [5.41, 5.74) is 2.84. The fourth-order valence-corrected chi connectivity index (χ4v) is 4.28. The summed E-state index contributed by atoms with van der Waals surface area (Å²) in [7, 11) is 0. The summed E-state index contributed by atoms with van der Waals surface area (Å²) < 4.78 is 0. The predicted molar refractivity (Wildman–Crippen MR) is 130 cm³/mol. The molecule has 0 spiro atoms. The van der Waals surface area contributed by atoms with Gasteiger partial charge in [0.25, 0.3) is 5.91 Å². The smallest absolute Gasteiger partial charge is 0.322 e. The summed E-state index contributed by atoms with van der Waals surface area (Å²) in [5, 5.41) is 17.4. The lowest BCUT2D eigenvalue weighted by atomic mass is 9.99. The maximum absolute atomic E-state index is 12.0. The Hall–Kier alpha value is -3.09. The Morgan fingerprint density at radius 2 is 1.78 bits per heavy atom. The van der Waals surface area contributed by atoms with Gasteiger partial charge < -0.3 is 20.6 Å². The van der Waals surface area contributed by atoms with Gasteiger partial charge in [-0.3, -0.25) is 9.59 Å². The zero-order valence-electron chi connectivity index (χ0n) is 18.0. The Balaban J connectivity index is 0.00000289. The van der Waals surface area contributed by atoms with E-state index in [9.17, 15) is 9.59 Å². The number of aliphatic carboxylic acids is 1. The van der Waals surface area contributed by atoms with E-state index in [1.807, 2.05) is 12.1 Å². The first-order valence-corrected chi connectivity index (χ1v) is 10.6. The first-order valence-electron chi connectivity index (χ1n) is 10.6. The molecule has 3 aromatic rings. The highest BCUT2D eigenvalue weighted by molar-refractivity contribution is 5.96. The largest absolute Gasteiger partial charge is 0.480 e. The lowest BCUT2D eigenvalue weighted by molar-refractivity contribution is -0.135. The predicted octanol–water partition coefficient (Wildman–Crippen LogP) is 4.01. The van der Waals surface area contributed by atoms with Crippen LogP contribution in [0.25, 0.3) is 10.8 Å². The summed E-state index contributed by atoms with van der Waals surface area (Å²) in [6.07, 6.45) is 1.05. The van der Waals surface area contributed by atoms with Gasteiger partial charge in [0.2, 0.25) is 0 Å². The molecular formula is C25H28ClN3O3. The van der Waals surface area contributed by atoms with Crippen LogP contribution in [-0.2, 0) is 4.79 Å². The second-order valence-electron chi connectivity index (χ2n) is 8.01. The van der Waals surface area contributed by atoms with E-state index in [0.717, 1.165) is 25.2 Å². The summed E-state index contributed by atoms with van der Waals surface area (Å²) in [6.45, 7) is 3.69. The molecule has 1 fully saturated rings. The topological polar surface area (TPSA) is 81.7 Å². The number of halogens is 1. The van der Waals surface area contributed by atoms with Gasteiger partial charge in [-0.05, 0) is 53.9 Å². The summed E-state index contributed by atoms with van der Waals surface area (Å²) in [6, 6.07) is 22.9. The van der Waals surface area contributed by atoms with E-state index in [4.69, 9.17) is 5.11 Å². The highest BCUT2D eigenvalue weighted by atomic mass is 35.5. The minimum absolute atomic E-state index is 0. The number of carboxylic acid groups (broad SMARTS) is 1. The van der Waals surface area contributed by atoms with Crippen molar-refractivity contribution in [3.05, 3.63) is 77.9 Å². The number of carbonyl (C=O) groups is 2. The Labute approximate surface area is 194 Å². The van der Waals surface area contributed by atoms with Crippen molar-refractivity contribution in [2.45, 2.75) is 25.4 Å². The van der Waals surface area contributed by atoms with E-state index in [1.165, 1.54) is 16.3 Å². The zero-order valence-corrected chi connectivity index (χ0v) is 18.8. The Kier molecular flexibility index (Phi) is 7.72. The van der Waals surface area contributed by atoms with Crippen LogP contribution in [-0.4, -0.2) is 42.7 Å². The van der Waals surface area contributed by atoms with Gasteiger partial charge in [-0.1, -0.05) is 42.5 Å². The van der Waals surface area contributed by atoms with Gasteiger partial charge in [-0.15, -0.1) is 12.4 Å². The molecule has 0 aliphatic carbocycles. The number of carboxylic acids is 1. The number of benzene rings is 3. The third kappa shape index (κ3) is 5.39. The lowest BCUT2D eigenvalue weighted by Crippen LogP contribution is -2.34. The number of rotatable bonds is 7. The van der Waals surface area contributed by atoms with Crippen LogP contribution in [0.15, 0.2) is 66.7 Å². The molecule has 4 rings (SSSR count). The Bertz CT molecular complexity index is 1080. The van der Waals surface area contributed by atoms with Gasteiger partial charge >= 0.3 is 5.97 Å². The quantitative estimate of drug-likeness (QED) is 0.503. The molecule has 3 aromatic carbocycles. The van der Waals surface area contributed by atoms with Crippen LogP contribution >= 0.6 is 12.4 Å². The van der Waals surface area contributed by atoms with Crippen LogP contribution in [0.5, 0.6) is 0 Å². The summed E-state index contributed by atoms with van der Waals surface area (Å²) in [5.74, 6) is -1.43. The van der Waals surface area contributed by atoms with Crippen molar-refractivity contribution in [3.63, 3.8) is 0 Å². The van der Waals surface area contributed by atoms with Crippen LogP contribution in [0.3, 0.4) is 0 Å². The number of anilines is 1. The molecular weight excluding hydrogens is 426 g/mol. The summed E-state index contributed by atoms with van der Waals surface area (Å²) >= 11 is 0. The van der Waals surface area contributed by atoms with Gasteiger partial charge in [-0.25, -0.2) is 0 Å². The normalized spacial score (nSPS) is 16.4. The molecule has 1 aliphatic heterocycles. The van der Waals surface area contributed by atoms with Crippen molar-refractivity contribution in [1.82, 2.24) is 10.6 Å². The molecule has 3 N–H and O–H groups in total. The molecule has 1 saturated heterocycles. The minimum atomic E-state index is -1.06. The fourth-order valence-electron chi connectivity index (χ4n) is 4.28. The molecule has 168 valence electrons. The molecule has 1 unspecified atom stereocenters. The third-order valence-corrected chi connectivity index (χ3v) is 5.86. The van der Waals surface area contributed by atoms with Gasteiger partial charge in [0.05, 0.1) is 0 Å². The average Bonchev–Trinajstić information content (AvgIpc) is 3.25. The van der Waals surface area contributed by atoms with Crippen molar-refractivity contribution in [2.24, 2.45) is 0 Å². The molecule has 7 heteroatoms. The van der Waals surface area contributed by atoms with E-state index in [0.29, 0.717) is 11.6 Å². The van der Waals surface area contributed by atoms with Crippen LogP contribution in [0.4, 0.5) is 5.69 Å². The number of carbonyl (C=O) groups excluding carboxylic acids is 1. The first-order chi connectivity index (χ1) is 15.0. The van der Waals surface area contributed by atoms with Crippen LogP contribution in [0, 0.1) is 0 Å². The summed E-state index contributed by atoms with van der Waals surface area (Å²) in [4.78, 5) is 24.9. The highest BCUT2D eigenvalue weighted by Gasteiger charge is 2.24. The van der Waals surface area contributed by atoms with Crippen molar-refractivity contribution in [3.8, 4) is 0 Å². The number of nitrogens with zero attached hydrogens (tertiary/aromatic N) is 1. The minimum Gasteiger partial charge on any atom is -0.480 e. The molecule has 6 nitrogen and oxygen atoms in total. The van der Waals surface area contributed by atoms with Gasteiger partial charge in [0, 0.05) is 36.4 Å². The molecule has 0 aromatic heterocycles.